The van der Waals surface area contributed by atoms with Crippen LogP contribution in [0.3, 0.4) is 0 Å². The number of aliphatic hydroxyl groups excluding tert-OH is 2. The Balaban J connectivity index is 1.78. The van der Waals surface area contributed by atoms with Gasteiger partial charge in [-0.2, -0.15) is 0 Å². The zero-order valence-electron chi connectivity index (χ0n) is 15.7. The van der Waals surface area contributed by atoms with Crippen LogP contribution in [0.5, 0.6) is 0 Å². The van der Waals surface area contributed by atoms with Gasteiger partial charge in [0.1, 0.15) is 18.7 Å². The van der Waals surface area contributed by atoms with Gasteiger partial charge in [-0.05, 0) is 31.9 Å². The van der Waals surface area contributed by atoms with Crippen LogP contribution in [0, 0.1) is 0 Å². The van der Waals surface area contributed by atoms with E-state index in [0.29, 0.717) is 6.42 Å². The minimum absolute atomic E-state index is 0.0546. The second-order valence-corrected chi connectivity index (χ2v) is 7.07. The van der Waals surface area contributed by atoms with Gasteiger partial charge in [0.2, 0.25) is 0 Å². The highest BCUT2D eigenvalue weighted by Crippen LogP contribution is 2.42. The average Bonchev–Trinajstić information content (AvgIpc) is 2.96. The number of fused-ring (bicyclic) bond motifs is 1. The van der Waals surface area contributed by atoms with Crippen molar-refractivity contribution in [2.75, 3.05) is 6.54 Å². The first-order valence-electron chi connectivity index (χ1n) is 9.59. The third kappa shape index (κ3) is 4.28. The predicted molar refractivity (Wildman–Crippen MR) is 105 cm³/mol. The second kappa shape index (κ2) is 9.24. The van der Waals surface area contributed by atoms with E-state index in [0.717, 1.165) is 42.4 Å². The maximum atomic E-state index is 10.8. The SMILES string of the molecule is CC(C(NCCCCC=O)c1ccccc1)N1C(O)c2ccccc2C1O. The fraction of sp³-hybridized carbons (Fsp3) is 0.409. The van der Waals surface area contributed by atoms with Crippen LogP contribution in [0.2, 0.25) is 0 Å². The van der Waals surface area contributed by atoms with Crippen LogP contribution in [0.25, 0.3) is 0 Å². The van der Waals surface area contributed by atoms with Gasteiger partial charge in [-0.3, -0.25) is 0 Å². The van der Waals surface area contributed by atoms with Gasteiger partial charge < -0.3 is 20.3 Å². The van der Waals surface area contributed by atoms with Crippen molar-refractivity contribution in [3.05, 3.63) is 71.3 Å². The van der Waals surface area contributed by atoms with E-state index < -0.39 is 12.5 Å². The van der Waals surface area contributed by atoms with Gasteiger partial charge in [0.05, 0.1) is 0 Å². The first kappa shape index (κ1) is 19.7. The number of benzene rings is 2. The number of rotatable bonds is 9. The molecule has 0 saturated carbocycles. The lowest BCUT2D eigenvalue weighted by atomic mass is 9.98. The van der Waals surface area contributed by atoms with Gasteiger partial charge in [0.25, 0.3) is 0 Å². The van der Waals surface area contributed by atoms with Gasteiger partial charge in [-0.1, -0.05) is 54.6 Å². The number of nitrogens with zero attached hydrogens (tertiary/aromatic N) is 1. The van der Waals surface area contributed by atoms with Crippen molar-refractivity contribution in [3.8, 4) is 0 Å². The maximum Gasteiger partial charge on any atom is 0.136 e. The summed E-state index contributed by atoms with van der Waals surface area (Å²) in [6, 6.07) is 17.4. The fourth-order valence-corrected chi connectivity index (χ4v) is 3.89. The molecule has 2 aromatic carbocycles. The molecule has 0 saturated heterocycles. The number of aliphatic hydroxyl groups is 2. The third-order valence-corrected chi connectivity index (χ3v) is 5.34. The number of aldehydes is 1. The molecule has 0 bridgehead atoms. The molecule has 27 heavy (non-hydrogen) atoms. The van der Waals surface area contributed by atoms with Gasteiger partial charge in [0, 0.05) is 29.6 Å². The number of nitrogens with one attached hydrogen (secondary N) is 1. The van der Waals surface area contributed by atoms with Crippen molar-refractivity contribution in [3.63, 3.8) is 0 Å². The first-order valence-corrected chi connectivity index (χ1v) is 9.59. The van der Waals surface area contributed by atoms with Crippen LogP contribution in [0.1, 0.15) is 61.4 Å². The van der Waals surface area contributed by atoms with Gasteiger partial charge in [-0.25, -0.2) is 4.90 Å². The van der Waals surface area contributed by atoms with E-state index in [4.69, 9.17) is 0 Å². The van der Waals surface area contributed by atoms with Crippen molar-refractivity contribution in [2.45, 2.75) is 50.7 Å². The highest BCUT2D eigenvalue weighted by Gasteiger charge is 2.41. The molecule has 1 heterocycles. The topological polar surface area (TPSA) is 72.8 Å². The van der Waals surface area contributed by atoms with Crippen LogP contribution < -0.4 is 5.32 Å². The molecular weight excluding hydrogens is 340 g/mol. The van der Waals surface area contributed by atoms with E-state index in [1.165, 1.54) is 0 Å². The molecular formula is C22H28N2O3. The molecule has 0 radical (unpaired) electrons. The highest BCUT2D eigenvalue weighted by atomic mass is 16.3. The Hall–Kier alpha value is -2.05. The molecule has 0 spiro atoms. The van der Waals surface area contributed by atoms with E-state index in [1.54, 1.807) is 4.90 Å². The van der Waals surface area contributed by atoms with Crippen molar-refractivity contribution in [2.24, 2.45) is 0 Å². The number of unbranched alkanes of at least 4 members (excludes halogenated alkanes) is 2. The summed E-state index contributed by atoms with van der Waals surface area (Å²) in [5.41, 5.74) is 2.63. The predicted octanol–water partition coefficient (Wildman–Crippen LogP) is 3.07. The average molecular weight is 368 g/mol. The monoisotopic (exact) mass is 368 g/mol. The van der Waals surface area contributed by atoms with Crippen molar-refractivity contribution < 1.29 is 15.0 Å². The van der Waals surface area contributed by atoms with Crippen LogP contribution in [-0.2, 0) is 4.79 Å². The lowest BCUT2D eigenvalue weighted by Crippen LogP contribution is -2.44. The molecule has 5 nitrogen and oxygen atoms in total. The molecule has 0 amide bonds. The second-order valence-electron chi connectivity index (χ2n) is 7.07. The molecule has 4 unspecified atom stereocenters. The van der Waals surface area contributed by atoms with Crippen LogP contribution >= 0.6 is 0 Å². The normalized spacial score (nSPS) is 21.6. The van der Waals surface area contributed by atoms with Crippen LogP contribution in [0.15, 0.2) is 54.6 Å². The molecule has 0 aromatic heterocycles. The maximum absolute atomic E-state index is 10.8. The number of carbonyl (C=O) groups excluding carboxylic acids is 1. The van der Waals surface area contributed by atoms with E-state index in [1.807, 2.05) is 49.4 Å². The van der Waals surface area contributed by atoms with E-state index >= 15 is 0 Å². The number of carbonyl (C=O) groups is 1. The lowest BCUT2D eigenvalue weighted by molar-refractivity contribution is -0.113. The van der Waals surface area contributed by atoms with Gasteiger partial charge in [-0.15, -0.1) is 0 Å². The molecule has 2 aromatic rings. The standard InChI is InChI=1S/C22H28N2O3/c1-16(24-21(26)18-12-6-7-13-19(18)22(24)27)20(17-10-4-2-5-11-17)23-14-8-3-9-15-25/h2,4-7,10-13,15-16,20-23,26-27H,3,8-9,14H2,1H3. The van der Waals surface area contributed by atoms with Crippen LogP contribution in [-0.4, -0.2) is 34.0 Å². The Labute approximate surface area is 160 Å². The molecule has 0 aliphatic carbocycles. The smallest absolute Gasteiger partial charge is 0.136 e. The minimum atomic E-state index is -0.839. The van der Waals surface area contributed by atoms with E-state index in [9.17, 15) is 15.0 Å². The lowest BCUT2D eigenvalue weighted by Gasteiger charge is -2.37. The molecule has 0 fully saturated rings. The summed E-state index contributed by atoms with van der Waals surface area (Å²) in [7, 11) is 0. The molecule has 5 heteroatoms. The summed E-state index contributed by atoms with van der Waals surface area (Å²) in [5.74, 6) is 0. The van der Waals surface area contributed by atoms with Crippen molar-refractivity contribution >= 4 is 6.29 Å². The summed E-state index contributed by atoms with van der Waals surface area (Å²) >= 11 is 0. The van der Waals surface area contributed by atoms with Crippen molar-refractivity contribution in [1.29, 1.82) is 0 Å². The summed E-state index contributed by atoms with van der Waals surface area (Å²) < 4.78 is 0. The Morgan fingerprint density at radius 2 is 1.59 bits per heavy atom. The summed E-state index contributed by atoms with van der Waals surface area (Å²) in [6.45, 7) is 2.79. The highest BCUT2D eigenvalue weighted by molar-refractivity contribution is 5.48. The number of hydrogen-bond acceptors (Lipinski definition) is 5. The van der Waals surface area contributed by atoms with Gasteiger partial charge >= 0.3 is 0 Å². The molecule has 3 rings (SSSR count). The Kier molecular flexibility index (Phi) is 6.74. The third-order valence-electron chi connectivity index (χ3n) is 5.34. The zero-order chi connectivity index (χ0) is 19.2. The molecule has 3 N–H and O–H groups in total. The summed E-state index contributed by atoms with van der Waals surface area (Å²) in [4.78, 5) is 12.3. The van der Waals surface area contributed by atoms with Crippen LogP contribution in [0.4, 0.5) is 0 Å². The first-order chi connectivity index (χ1) is 13.1. The zero-order valence-corrected chi connectivity index (χ0v) is 15.7. The summed E-state index contributed by atoms with van der Waals surface area (Å²) in [6.07, 6.45) is 1.60. The van der Waals surface area contributed by atoms with Crippen molar-refractivity contribution in [1.82, 2.24) is 10.2 Å². The largest absolute Gasteiger partial charge is 0.374 e. The molecule has 1 aliphatic heterocycles. The number of hydrogen-bond donors (Lipinski definition) is 3. The Bertz CT molecular complexity index is 708. The van der Waals surface area contributed by atoms with E-state index in [-0.39, 0.29) is 12.1 Å². The Morgan fingerprint density at radius 3 is 2.19 bits per heavy atom. The van der Waals surface area contributed by atoms with E-state index in [2.05, 4.69) is 17.4 Å². The fourth-order valence-electron chi connectivity index (χ4n) is 3.89. The Morgan fingerprint density at radius 1 is 1.00 bits per heavy atom. The minimum Gasteiger partial charge on any atom is -0.374 e. The molecule has 1 aliphatic rings. The quantitative estimate of drug-likeness (QED) is 0.469. The molecule has 4 atom stereocenters. The molecule has 144 valence electrons. The summed E-state index contributed by atoms with van der Waals surface area (Å²) in [5, 5.41) is 25.2. The van der Waals surface area contributed by atoms with Gasteiger partial charge in [0.15, 0.2) is 0 Å².